The number of aromatic nitrogens is 3. The normalized spacial score (nSPS) is 10.5. The van der Waals surface area contributed by atoms with Crippen LogP contribution in [0.1, 0.15) is 5.56 Å². The van der Waals surface area contributed by atoms with Crippen LogP contribution in [0.25, 0.3) is 0 Å². The second-order valence-electron chi connectivity index (χ2n) is 5.19. The summed E-state index contributed by atoms with van der Waals surface area (Å²) in [5.74, 6) is -1.03. The van der Waals surface area contributed by atoms with Gasteiger partial charge in [0, 0.05) is 11.6 Å². The molecular weight excluding hydrogens is 348 g/mol. The SMILES string of the molecule is Fc1cccc(F)c1Nc1nncc(NCCc2cccc(Cl)c2)n1. The summed E-state index contributed by atoms with van der Waals surface area (Å²) in [7, 11) is 0. The summed E-state index contributed by atoms with van der Waals surface area (Å²) < 4.78 is 27.3. The van der Waals surface area contributed by atoms with Gasteiger partial charge < -0.3 is 10.6 Å². The first kappa shape index (κ1) is 17.0. The van der Waals surface area contributed by atoms with Gasteiger partial charge in [0.2, 0.25) is 5.95 Å². The van der Waals surface area contributed by atoms with Crippen LogP contribution in [0.2, 0.25) is 5.02 Å². The number of nitrogens with one attached hydrogen (secondary N) is 2. The van der Waals surface area contributed by atoms with Crippen LogP contribution in [0.4, 0.5) is 26.2 Å². The van der Waals surface area contributed by atoms with Crippen LogP contribution in [-0.2, 0) is 6.42 Å². The van der Waals surface area contributed by atoms with Gasteiger partial charge in [0.15, 0.2) is 5.82 Å². The molecule has 2 N–H and O–H groups in total. The Morgan fingerprint density at radius 3 is 2.56 bits per heavy atom. The van der Waals surface area contributed by atoms with Crippen molar-refractivity contribution in [3.63, 3.8) is 0 Å². The van der Waals surface area contributed by atoms with Crippen LogP contribution >= 0.6 is 11.6 Å². The van der Waals surface area contributed by atoms with E-state index in [0.717, 1.165) is 24.1 Å². The van der Waals surface area contributed by atoms with E-state index in [2.05, 4.69) is 25.8 Å². The van der Waals surface area contributed by atoms with E-state index >= 15 is 0 Å². The van der Waals surface area contributed by atoms with Gasteiger partial charge in [-0.15, -0.1) is 5.10 Å². The maximum atomic E-state index is 13.7. The fourth-order valence-electron chi connectivity index (χ4n) is 2.20. The quantitative estimate of drug-likeness (QED) is 0.689. The van der Waals surface area contributed by atoms with Gasteiger partial charge in [-0.2, -0.15) is 10.1 Å². The average Bonchev–Trinajstić information content (AvgIpc) is 2.59. The van der Waals surface area contributed by atoms with E-state index in [1.807, 2.05) is 24.3 Å². The Bertz CT molecular complexity index is 855. The van der Waals surface area contributed by atoms with Crippen molar-refractivity contribution in [3.8, 4) is 0 Å². The molecule has 0 fully saturated rings. The van der Waals surface area contributed by atoms with Gasteiger partial charge in [-0.1, -0.05) is 29.8 Å². The molecule has 0 aliphatic rings. The predicted molar refractivity (Wildman–Crippen MR) is 93.1 cm³/mol. The van der Waals surface area contributed by atoms with E-state index in [4.69, 9.17) is 11.6 Å². The maximum Gasteiger partial charge on any atom is 0.249 e. The number of anilines is 3. The van der Waals surface area contributed by atoms with E-state index in [1.165, 1.54) is 12.3 Å². The Morgan fingerprint density at radius 1 is 1.04 bits per heavy atom. The van der Waals surface area contributed by atoms with Crippen LogP contribution in [-0.4, -0.2) is 21.7 Å². The fraction of sp³-hybridized carbons (Fsp3) is 0.118. The molecule has 1 heterocycles. The first-order valence-electron chi connectivity index (χ1n) is 7.51. The summed E-state index contributed by atoms with van der Waals surface area (Å²) >= 11 is 5.94. The van der Waals surface area contributed by atoms with Gasteiger partial charge in [0.25, 0.3) is 0 Å². The number of hydrogen-bond acceptors (Lipinski definition) is 5. The van der Waals surface area contributed by atoms with Gasteiger partial charge in [0.05, 0.1) is 6.20 Å². The number of nitrogens with zero attached hydrogens (tertiary/aromatic N) is 3. The van der Waals surface area contributed by atoms with Crippen LogP contribution in [0, 0.1) is 11.6 Å². The Kier molecular flexibility index (Phi) is 5.35. The van der Waals surface area contributed by atoms with Gasteiger partial charge in [-0.25, -0.2) is 8.78 Å². The van der Waals surface area contributed by atoms with Crippen molar-refractivity contribution in [3.05, 3.63) is 70.9 Å². The lowest BCUT2D eigenvalue weighted by Gasteiger charge is -2.09. The minimum atomic E-state index is -0.733. The lowest BCUT2D eigenvalue weighted by Crippen LogP contribution is -2.09. The highest BCUT2D eigenvalue weighted by Crippen LogP contribution is 2.21. The number of benzene rings is 2. The standard InChI is InChI=1S/C17H14ClF2N5/c18-12-4-1-3-11(9-12)7-8-21-15-10-22-25-17(23-15)24-16-13(19)5-2-6-14(16)20/h1-6,9-10H,7-8H2,(H2,21,23,24,25). The molecule has 3 rings (SSSR count). The molecule has 0 bridgehead atoms. The number of rotatable bonds is 6. The minimum Gasteiger partial charge on any atom is -0.368 e. The maximum absolute atomic E-state index is 13.7. The van der Waals surface area contributed by atoms with Crippen molar-refractivity contribution >= 4 is 29.1 Å². The van der Waals surface area contributed by atoms with Gasteiger partial charge in [-0.05, 0) is 36.2 Å². The molecule has 0 unspecified atom stereocenters. The van der Waals surface area contributed by atoms with E-state index in [1.54, 1.807) is 0 Å². The van der Waals surface area contributed by atoms with E-state index in [0.29, 0.717) is 17.4 Å². The molecule has 3 aromatic rings. The highest BCUT2D eigenvalue weighted by atomic mass is 35.5. The topological polar surface area (TPSA) is 62.7 Å². The molecule has 0 radical (unpaired) electrons. The van der Waals surface area contributed by atoms with Gasteiger partial charge >= 0.3 is 0 Å². The Hall–Kier alpha value is -2.80. The third-order valence-corrected chi connectivity index (χ3v) is 3.60. The average molecular weight is 362 g/mol. The van der Waals surface area contributed by atoms with Crippen molar-refractivity contribution < 1.29 is 8.78 Å². The third kappa shape index (κ3) is 4.60. The molecule has 0 spiro atoms. The number of hydrogen-bond donors (Lipinski definition) is 2. The second kappa shape index (κ2) is 7.85. The predicted octanol–water partition coefficient (Wildman–Crippen LogP) is 4.20. The lowest BCUT2D eigenvalue weighted by molar-refractivity contribution is 0.590. The van der Waals surface area contributed by atoms with Gasteiger partial charge in [0.1, 0.15) is 17.3 Å². The lowest BCUT2D eigenvalue weighted by atomic mass is 10.1. The van der Waals surface area contributed by atoms with Crippen LogP contribution in [0.15, 0.2) is 48.7 Å². The van der Waals surface area contributed by atoms with E-state index < -0.39 is 11.6 Å². The molecule has 1 aromatic heterocycles. The van der Waals surface area contributed by atoms with E-state index in [9.17, 15) is 8.78 Å². The zero-order chi connectivity index (χ0) is 17.6. The van der Waals surface area contributed by atoms with E-state index in [-0.39, 0.29) is 11.6 Å². The smallest absolute Gasteiger partial charge is 0.249 e. The van der Waals surface area contributed by atoms with Gasteiger partial charge in [-0.3, -0.25) is 0 Å². The van der Waals surface area contributed by atoms with Crippen molar-refractivity contribution in [1.82, 2.24) is 15.2 Å². The first-order valence-corrected chi connectivity index (χ1v) is 7.89. The Morgan fingerprint density at radius 2 is 1.80 bits per heavy atom. The molecule has 8 heteroatoms. The zero-order valence-electron chi connectivity index (χ0n) is 13.0. The summed E-state index contributed by atoms with van der Waals surface area (Å²) in [6.07, 6.45) is 2.16. The van der Waals surface area contributed by atoms with Crippen molar-refractivity contribution in [2.24, 2.45) is 0 Å². The molecule has 0 amide bonds. The highest BCUT2D eigenvalue weighted by Gasteiger charge is 2.10. The summed E-state index contributed by atoms with van der Waals surface area (Å²) in [5, 5.41) is 13.8. The minimum absolute atomic E-state index is 0.00300. The molecule has 0 saturated carbocycles. The van der Waals surface area contributed by atoms with Crippen molar-refractivity contribution in [2.45, 2.75) is 6.42 Å². The number of halogens is 3. The van der Waals surface area contributed by atoms with Crippen molar-refractivity contribution in [1.29, 1.82) is 0 Å². The van der Waals surface area contributed by atoms with Crippen LogP contribution in [0.5, 0.6) is 0 Å². The molecule has 25 heavy (non-hydrogen) atoms. The Balaban J connectivity index is 1.63. The summed E-state index contributed by atoms with van der Waals surface area (Å²) in [5.41, 5.74) is 0.758. The fourth-order valence-corrected chi connectivity index (χ4v) is 2.41. The summed E-state index contributed by atoms with van der Waals surface area (Å²) in [4.78, 5) is 4.14. The van der Waals surface area contributed by atoms with Crippen LogP contribution < -0.4 is 10.6 Å². The molecule has 2 aromatic carbocycles. The van der Waals surface area contributed by atoms with Crippen LogP contribution in [0.3, 0.4) is 0 Å². The largest absolute Gasteiger partial charge is 0.368 e. The van der Waals surface area contributed by atoms with Crippen molar-refractivity contribution in [2.75, 3.05) is 17.2 Å². The molecule has 0 aliphatic heterocycles. The summed E-state index contributed by atoms with van der Waals surface area (Å²) in [6.45, 7) is 0.590. The molecule has 0 aliphatic carbocycles. The third-order valence-electron chi connectivity index (χ3n) is 3.37. The molecule has 0 atom stereocenters. The number of para-hydroxylation sites is 1. The second-order valence-corrected chi connectivity index (χ2v) is 5.63. The Labute approximate surface area is 148 Å². The molecular formula is C17H14ClF2N5. The molecule has 0 saturated heterocycles. The zero-order valence-corrected chi connectivity index (χ0v) is 13.8. The highest BCUT2D eigenvalue weighted by molar-refractivity contribution is 6.30. The first-order chi connectivity index (χ1) is 12.1. The summed E-state index contributed by atoms with van der Waals surface area (Å²) in [6, 6.07) is 11.1. The molecule has 128 valence electrons. The molecule has 5 nitrogen and oxygen atoms in total. The monoisotopic (exact) mass is 361 g/mol.